The third kappa shape index (κ3) is 6.43. The number of Topliss-reactive ketones (excluding diaryl/α,β-unsaturated/α-hetero) is 2. The van der Waals surface area contributed by atoms with Gasteiger partial charge in [0, 0.05) is 19.3 Å². The molecule has 0 N–H and O–H groups in total. The van der Waals surface area contributed by atoms with Crippen molar-refractivity contribution >= 4 is 17.6 Å². The minimum atomic E-state index is 0.210. The lowest BCUT2D eigenvalue weighted by Crippen LogP contribution is -2.06. The smallest absolute Gasteiger partial charge is 0.141 e. The summed E-state index contributed by atoms with van der Waals surface area (Å²) in [4.78, 5) is 23.0. The van der Waals surface area contributed by atoms with E-state index in [-0.39, 0.29) is 11.6 Å². The van der Waals surface area contributed by atoms with Crippen LogP contribution in [0.2, 0.25) is 0 Å². The molecule has 0 aromatic heterocycles. The van der Waals surface area contributed by atoms with Crippen molar-refractivity contribution in [3.05, 3.63) is 77.4 Å². The Morgan fingerprint density at radius 3 is 2.09 bits per heavy atom. The molecule has 0 atom stereocenters. The molecule has 2 nitrogen and oxygen atoms in total. The predicted octanol–water partition coefficient (Wildman–Crippen LogP) is 4.42. The molecule has 2 heteroatoms. The van der Waals surface area contributed by atoms with Crippen LogP contribution < -0.4 is 0 Å². The van der Waals surface area contributed by atoms with Crippen LogP contribution in [-0.2, 0) is 22.4 Å². The number of hydrogen-bond donors (Lipinski definition) is 0. The lowest BCUT2D eigenvalue weighted by Gasteiger charge is -2.03. The van der Waals surface area contributed by atoms with E-state index < -0.39 is 0 Å². The van der Waals surface area contributed by atoms with Gasteiger partial charge in [-0.05, 0) is 30.0 Å². The van der Waals surface area contributed by atoms with Gasteiger partial charge in [-0.25, -0.2) is 0 Å². The van der Waals surface area contributed by atoms with Gasteiger partial charge in [-0.2, -0.15) is 0 Å². The van der Waals surface area contributed by atoms with Crippen LogP contribution in [0.15, 0.2) is 60.7 Å². The molecular weight excluding hydrogens is 284 g/mol. The zero-order valence-electron chi connectivity index (χ0n) is 13.5. The maximum absolute atomic E-state index is 12.1. The zero-order valence-corrected chi connectivity index (χ0v) is 13.5. The van der Waals surface area contributed by atoms with Crippen molar-refractivity contribution in [2.24, 2.45) is 0 Å². The van der Waals surface area contributed by atoms with Gasteiger partial charge in [-0.3, -0.25) is 4.79 Å². The molecule has 0 radical (unpaired) electrons. The van der Waals surface area contributed by atoms with Gasteiger partial charge in [-0.15, -0.1) is 0 Å². The van der Waals surface area contributed by atoms with Gasteiger partial charge in [0.1, 0.15) is 11.6 Å². The second-order valence-corrected chi connectivity index (χ2v) is 5.76. The Balaban J connectivity index is 1.84. The Morgan fingerprint density at radius 1 is 0.870 bits per heavy atom. The summed E-state index contributed by atoms with van der Waals surface area (Å²) in [5, 5.41) is 0. The largest absolute Gasteiger partial charge is 0.300 e. The highest BCUT2D eigenvalue weighted by atomic mass is 16.1. The number of rotatable bonds is 8. The number of ketones is 2. The van der Waals surface area contributed by atoms with E-state index >= 15 is 0 Å². The van der Waals surface area contributed by atoms with E-state index in [0.717, 1.165) is 23.1 Å². The maximum Gasteiger partial charge on any atom is 0.141 e. The van der Waals surface area contributed by atoms with E-state index in [0.29, 0.717) is 19.3 Å². The standard InChI is InChI=1S/C21H22O2/c1-17(22)7-5-6-8-18-11-13-20(14-12-18)16-21(23)15-19-9-3-2-4-10-19/h2-4,6,8-14H,5,7,15-16H2,1H3/b8-6+. The Kier molecular flexibility index (Phi) is 6.49. The van der Waals surface area contributed by atoms with E-state index in [2.05, 4.69) is 0 Å². The van der Waals surface area contributed by atoms with Crippen molar-refractivity contribution in [1.29, 1.82) is 0 Å². The number of carbonyl (C=O) groups excluding carboxylic acids is 2. The Morgan fingerprint density at radius 2 is 1.48 bits per heavy atom. The maximum atomic E-state index is 12.1. The van der Waals surface area contributed by atoms with Crippen LogP contribution in [-0.4, -0.2) is 11.6 Å². The summed E-state index contributed by atoms with van der Waals surface area (Å²) in [7, 11) is 0. The highest BCUT2D eigenvalue weighted by Gasteiger charge is 2.05. The second kappa shape index (κ2) is 8.84. The van der Waals surface area contributed by atoms with Crippen molar-refractivity contribution < 1.29 is 9.59 Å². The van der Waals surface area contributed by atoms with Crippen molar-refractivity contribution in [1.82, 2.24) is 0 Å². The molecule has 2 aromatic rings. The van der Waals surface area contributed by atoms with E-state index in [4.69, 9.17) is 0 Å². The van der Waals surface area contributed by atoms with Gasteiger partial charge in [0.05, 0.1) is 0 Å². The molecule has 0 spiro atoms. The van der Waals surface area contributed by atoms with Crippen molar-refractivity contribution in [2.45, 2.75) is 32.6 Å². The molecule has 0 amide bonds. The molecule has 0 fully saturated rings. The molecule has 2 rings (SSSR count). The molecule has 0 unspecified atom stereocenters. The minimum absolute atomic E-state index is 0.210. The fraction of sp³-hybridized carbons (Fsp3) is 0.238. The molecule has 0 bridgehead atoms. The number of carbonyl (C=O) groups is 2. The predicted molar refractivity (Wildman–Crippen MR) is 94.2 cm³/mol. The quantitative estimate of drug-likeness (QED) is 0.723. The number of benzene rings is 2. The lowest BCUT2D eigenvalue weighted by molar-refractivity contribution is -0.118. The summed E-state index contributed by atoms with van der Waals surface area (Å²) >= 11 is 0. The van der Waals surface area contributed by atoms with E-state index in [9.17, 15) is 9.59 Å². The SMILES string of the molecule is CC(=O)CC/C=C/c1ccc(CC(=O)Cc2ccccc2)cc1. The topological polar surface area (TPSA) is 34.1 Å². The number of allylic oxidation sites excluding steroid dienone is 1. The van der Waals surface area contributed by atoms with Gasteiger partial charge in [-0.1, -0.05) is 66.7 Å². The molecule has 23 heavy (non-hydrogen) atoms. The fourth-order valence-electron chi connectivity index (χ4n) is 2.37. The summed E-state index contributed by atoms with van der Waals surface area (Å²) in [5.74, 6) is 0.433. The molecule has 0 aliphatic carbocycles. The molecule has 2 aromatic carbocycles. The highest BCUT2D eigenvalue weighted by molar-refractivity contribution is 5.83. The van der Waals surface area contributed by atoms with Crippen LogP contribution in [0.25, 0.3) is 6.08 Å². The van der Waals surface area contributed by atoms with Crippen LogP contribution in [0.5, 0.6) is 0 Å². The van der Waals surface area contributed by atoms with Crippen LogP contribution in [0, 0.1) is 0 Å². The van der Waals surface area contributed by atoms with Gasteiger partial charge >= 0.3 is 0 Å². The Bertz CT molecular complexity index is 667. The second-order valence-electron chi connectivity index (χ2n) is 5.76. The number of hydrogen-bond acceptors (Lipinski definition) is 2. The van der Waals surface area contributed by atoms with Crippen molar-refractivity contribution in [3.63, 3.8) is 0 Å². The summed E-state index contributed by atoms with van der Waals surface area (Å²) in [6, 6.07) is 17.8. The molecular formula is C21H22O2. The van der Waals surface area contributed by atoms with E-state index in [1.165, 1.54) is 0 Å². The first kappa shape index (κ1) is 16.9. The Hall–Kier alpha value is -2.48. The summed E-state index contributed by atoms with van der Waals surface area (Å²) < 4.78 is 0. The van der Waals surface area contributed by atoms with Crippen LogP contribution in [0.4, 0.5) is 0 Å². The van der Waals surface area contributed by atoms with Gasteiger partial charge < -0.3 is 4.79 Å². The average molecular weight is 306 g/mol. The van der Waals surface area contributed by atoms with Gasteiger partial charge in [0.2, 0.25) is 0 Å². The van der Waals surface area contributed by atoms with Crippen LogP contribution >= 0.6 is 0 Å². The monoisotopic (exact) mass is 306 g/mol. The summed E-state index contributed by atoms with van der Waals surface area (Å²) in [6.45, 7) is 1.61. The van der Waals surface area contributed by atoms with E-state index in [1.807, 2.05) is 66.7 Å². The van der Waals surface area contributed by atoms with Crippen LogP contribution in [0.1, 0.15) is 36.5 Å². The summed E-state index contributed by atoms with van der Waals surface area (Å²) in [6.07, 6.45) is 6.32. The molecule has 0 heterocycles. The van der Waals surface area contributed by atoms with E-state index in [1.54, 1.807) is 6.92 Å². The van der Waals surface area contributed by atoms with Gasteiger partial charge in [0.15, 0.2) is 0 Å². The van der Waals surface area contributed by atoms with Gasteiger partial charge in [0.25, 0.3) is 0 Å². The molecule has 0 saturated heterocycles. The molecule has 118 valence electrons. The highest BCUT2D eigenvalue weighted by Crippen LogP contribution is 2.10. The van der Waals surface area contributed by atoms with Crippen LogP contribution in [0.3, 0.4) is 0 Å². The molecule has 0 aliphatic rings. The Labute approximate surface area is 137 Å². The lowest BCUT2D eigenvalue weighted by atomic mass is 10.0. The molecule has 0 aliphatic heterocycles. The fourth-order valence-corrected chi connectivity index (χ4v) is 2.37. The summed E-state index contributed by atoms with van der Waals surface area (Å²) in [5.41, 5.74) is 3.18. The van der Waals surface area contributed by atoms with Crippen molar-refractivity contribution in [2.75, 3.05) is 0 Å². The normalized spacial score (nSPS) is 10.8. The third-order valence-corrected chi connectivity index (χ3v) is 3.60. The zero-order chi connectivity index (χ0) is 16.5. The van der Waals surface area contributed by atoms with Crippen molar-refractivity contribution in [3.8, 4) is 0 Å². The first-order valence-electron chi connectivity index (χ1n) is 7.94. The molecule has 0 saturated carbocycles. The third-order valence-electron chi connectivity index (χ3n) is 3.60. The first-order chi connectivity index (χ1) is 11.1. The average Bonchev–Trinajstić information content (AvgIpc) is 2.54. The first-order valence-corrected chi connectivity index (χ1v) is 7.94. The minimum Gasteiger partial charge on any atom is -0.300 e.